The van der Waals surface area contributed by atoms with Gasteiger partial charge in [0, 0.05) is 5.96 Å². The van der Waals surface area contributed by atoms with Gasteiger partial charge in [0.2, 0.25) is 0 Å². The molecule has 6 rings (SSSR count). The summed E-state index contributed by atoms with van der Waals surface area (Å²) >= 11 is 0. The molecule has 0 heterocycles. The van der Waals surface area contributed by atoms with Crippen LogP contribution in [0.1, 0.15) is 177 Å². The van der Waals surface area contributed by atoms with Gasteiger partial charge >= 0.3 is 27.3 Å². The molecule has 2 aliphatic rings. The number of aliphatic imine (C=N–C) groups is 1. The molecule has 0 amide bonds. The molecular formula is C51H72ClN3Pb. The van der Waals surface area contributed by atoms with Gasteiger partial charge in [-0.1, -0.05) is 202 Å². The minimum absolute atomic E-state index is 0. The zero-order chi connectivity index (χ0) is 39.0. The molecule has 5 heteroatoms. The summed E-state index contributed by atoms with van der Waals surface area (Å²) in [5, 5.41) is 5.72. The van der Waals surface area contributed by atoms with Gasteiger partial charge in [0.05, 0.1) is 0 Å². The molecule has 0 N–H and O–H groups in total. The number of benzene rings is 4. The van der Waals surface area contributed by atoms with Gasteiger partial charge in [0.15, 0.2) is 0 Å². The monoisotopic (exact) mass is 970 g/mol. The van der Waals surface area contributed by atoms with Gasteiger partial charge in [-0.05, 0) is 109 Å². The van der Waals surface area contributed by atoms with Crippen LogP contribution >= 0.6 is 0 Å². The van der Waals surface area contributed by atoms with Gasteiger partial charge in [-0.2, -0.15) is 0 Å². The van der Waals surface area contributed by atoms with Gasteiger partial charge in [0.1, 0.15) is 0 Å². The van der Waals surface area contributed by atoms with Crippen LogP contribution in [0.15, 0.2) is 102 Å². The second-order valence-corrected chi connectivity index (χ2v) is 17.0. The van der Waals surface area contributed by atoms with Crippen LogP contribution in [0.3, 0.4) is 0 Å². The standard InChI is InChI=1S/C37H56N3.2C7H8.ClH.Pb/c1-25(2)31-21-15-22-32(26(3)4)35(31)38-37(39-36-33(27(5)6)23-16-24-34(36)28(7)8)40(29-17-11-9-12-18-29)30-19-13-10-14-20-30;2*1-7-5-3-2-4-6-7;;/h15-16,21-30H,9-14,17-20H2,1-8H3;2*2-6H,1H3;1H;/q-1;;;;+2/p-1. The van der Waals surface area contributed by atoms with E-state index in [1.165, 1.54) is 97.6 Å². The molecule has 0 bridgehead atoms. The summed E-state index contributed by atoms with van der Waals surface area (Å²) in [4.78, 5) is 8.47. The van der Waals surface area contributed by atoms with Crippen molar-refractivity contribution in [2.75, 3.05) is 0 Å². The molecule has 0 aliphatic heterocycles. The molecule has 2 radical (unpaired) electrons. The molecule has 0 spiro atoms. The second kappa shape index (κ2) is 25.7. The van der Waals surface area contributed by atoms with Crippen molar-refractivity contribution in [1.29, 1.82) is 0 Å². The molecular weight excluding hydrogens is 897 g/mol. The van der Waals surface area contributed by atoms with Gasteiger partial charge < -0.3 is 27.6 Å². The number of hydrogen-bond donors (Lipinski definition) is 0. The van der Waals surface area contributed by atoms with Gasteiger partial charge in [-0.15, -0.1) is 0 Å². The molecule has 0 unspecified atom stereocenters. The van der Waals surface area contributed by atoms with Crippen molar-refractivity contribution in [1.82, 2.24) is 4.90 Å². The van der Waals surface area contributed by atoms with Crippen LogP contribution < -0.4 is 12.4 Å². The fourth-order valence-electron chi connectivity index (χ4n) is 8.03. The Morgan fingerprint density at radius 3 is 1.14 bits per heavy atom. The quantitative estimate of drug-likeness (QED) is 0.0983. The summed E-state index contributed by atoms with van der Waals surface area (Å²) in [5.74, 6) is 2.61. The molecule has 4 aromatic rings. The number of halogens is 1. The van der Waals surface area contributed by atoms with Crippen LogP contribution in [0, 0.1) is 13.8 Å². The fourth-order valence-corrected chi connectivity index (χ4v) is 8.03. The molecule has 0 aromatic heterocycles. The SMILES string of the molecule is CC(C)c1cccc(C(C)C)c1N=C([N-]c1c(C(C)C)cccc1C(C)C)N(C1CCCCC1)C1CCCCC1.Cc1ccccc1.Cc1ccccc1.[Cl-].[Pb+2]. The molecule has 4 aromatic carbocycles. The van der Waals surface area contributed by atoms with Crippen molar-refractivity contribution < 1.29 is 12.4 Å². The molecule has 0 atom stereocenters. The smallest absolute Gasteiger partial charge is 1.00 e. The summed E-state index contributed by atoms with van der Waals surface area (Å²) in [6.45, 7) is 22.6. The number of hydrogen-bond acceptors (Lipinski definition) is 1. The van der Waals surface area contributed by atoms with Gasteiger partial charge in [-0.3, -0.25) is 0 Å². The number of para-hydroxylation sites is 2. The van der Waals surface area contributed by atoms with E-state index < -0.39 is 0 Å². The number of rotatable bonds is 8. The van der Waals surface area contributed by atoms with Crippen molar-refractivity contribution >= 4 is 44.6 Å². The van der Waals surface area contributed by atoms with E-state index in [9.17, 15) is 0 Å². The average molecular weight is 970 g/mol. The second-order valence-electron chi connectivity index (χ2n) is 17.0. The first-order chi connectivity index (χ1) is 26.0. The maximum Gasteiger partial charge on any atom is 2.00 e. The summed E-state index contributed by atoms with van der Waals surface area (Å²) in [6, 6.07) is 35.2. The minimum Gasteiger partial charge on any atom is -1.00 e. The number of aryl methyl sites for hydroxylation is 2. The van der Waals surface area contributed by atoms with Crippen molar-refractivity contribution in [2.24, 2.45) is 4.99 Å². The predicted octanol–water partition coefficient (Wildman–Crippen LogP) is 12.5. The topological polar surface area (TPSA) is 29.7 Å². The van der Waals surface area contributed by atoms with Crippen molar-refractivity contribution in [3.05, 3.63) is 136 Å². The fraction of sp³-hybridized carbons (Fsp3) is 0.510. The van der Waals surface area contributed by atoms with Crippen molar-refractivity contribution in [3.8, 4) is 0 Å². The predicted molar refractivity (Wildman–Crippen MR) is 243 cm³/mol. The van der Waals surface area contributed by atoms with Crippen LogP contribution in [0.2, 0.25) is 0 Å². The minimum atomic E-state index is 0. The number of nitrogens with zero attached hydrogens (tertiary/aromatic N) is 3. The Hall–Kier alpha value is -2.64. The molecule has 2 aliphatic carbocycles. The van der Waals surface area contributed by atoms with Crippen molar-refractivity contribution in [3.63, 3.8) is 0 Å². The van der Waals surface area contributed by atoms with Crippen LogP contribution in [0.4, 0.5) is 11.4 Å². The molecule has 0 saturated heterocycles. The Bertz CT molecular complexity index is 1580. The Kier molecular flexibility index (Phi) is 22.7. The summed E-state index contributed by atoms with van der Waals surface area (Å²) in [5.41, 5.74) is 10.3. The summed E-state index contributed by atoms with van der Waals surface area (Å²) < 4.78 is 0. The Labute approximate surface area is 369 Å². The molecule has 3 nitrogen and oxygen atoms in total. The number of guanidine groups is 1. The molecule has 56 heavy (non-hydrogen) atoms. The summed E-state index contributed by atoms with van der Waals surface area (Å²) in [6.07, 6.45) is 13.0. The van der Waals surface area contributed by atoms with E-state index >= 15 is 0 Å². The van der Waals surface area contributed by atoms with E-state index in [2.05, 4.69) is 135 Å². The first-order valence-corrected chi connectivity index (χ1v) is 21.4. The zero-order valence-electron chi connectivity index (χ0n) is 36.5. The molecule has 2 fully saturated rings. The van der Waals surface area contributed by atoms with Gasteiger partial charge in [0.25, 0.3) is 0 Å². The zero-order valence-corrected chi connectivity index (χ0v) is 41.1. The van der Waals surface area contributed by atoms with Crippen molar-refractivity contribution in [2.45, 2.75) is 169 Å². The maximum atomic E-state index is 5.72. The first-order valence-electron chi connectivity index (χ1n) is 21.4. The normalized spacial score (nSPS) is 14.9. The molecule has 302 valence electrons. The van der Waals surface area contributed by atoms with Crippen LogP contribution in [0.25, 0.3) is 5.32 Å². The average Bonchev–Trinajstić information content (AvgIpc) is 3.16. The van der Waals surface area contributed by atoms with Crippen LogP contribution in [-0.2, 0) is 0 Å². The van der Waals surface area contributed by atoms with E-state index in [1.54, 1.807) is 0 Å². The van der Waals surface area contributed by atoms with E-state index in [4.69, 9.17) is 10.3 Å². The van der Waals surface area contributed by atoms with E-state index in [-0.39, 0.29) is 39.7 Å². The van der Waals surface area contributed by atoms with Crippen LogP contribution in [-0.4, -0.2) is 50.2 Å². The van der Waals surface area contributed by atoms with E-state index in [0.717, 1.165) is 17.3 Å². The Morgan fingerprint density at radius 2 is 0.839 bits per heavy atom. The Morgan fingerprint density at radius 1 is 0.500 bits per heavy atom. The van der Waals surface area contributed by atoms with E-state index in [0.29, 0.717) is 35.8 Å². The Balaban J connectivity index is 0.000000565. The third-order valence-corrected chi connectivity index (χ3v) is 11.2. The van der Waals surface area contributed by atoms with Crippen LogP contribution in [0.5, 0.6) is 0 Å². The maximum absolute atomic E-state index is 5.72. The van der Waals surface area contributed by atoms with Gasteiger partial charge in [-0.25, -0.2) is 0 Å². The molecule has 2 saturated carbocycles. The van der Waals surface area contributed by atoms with E-state index in [1.807, 2.05) is 36.4 Å². The first kappa shape index (κ1) is 49.5. The summed E-state index contributed by atoms with van der Waals surface area (Å²) in [7, 11) is 0. The largest absolute Gasteiger partial charge is 2.00 e. The third kappa shape index (κ3) is 14.9. The third-order valence-electron chi connectivity index (χ3n) is 11.2.